The summed E-state index contributed by atoms with van der Waals surface area (Å²) < 4.78 is 1.89. The Bertz CT molecular complexity index is 475. The van der Waals surface area contributed by atoms with Gasteiger partial charge in [-0.05, 0) is 25.5 Å². The molecular weight excluding hydrogens is 212 g/mol. The molecule has 1 atom stereocenters. The van der Waals surface area contributed by atoms with Crippen LogP contribution in [0.2, 0.25) is 0 Å². The molecule has 2 aromatic rings. The van der Waals surface area contributed by atoms with Crippen LogP contribution < -0.4 is 5.32 Å². The molecule has 0 bridgehead atoms. The number of hydrogen-bond acceptors (Lipinski definition) is 3. The maximum atomic E-state index is 4.23. The monoisotopic (exact) mass is 230 g/mol. The average molecular weight is 230 g/mol. The van der Waals surface area contributed by atoms with Crippen LogP contribution in [0.3, 0.4) is 0 Å². The van der Waals surface area contributed by atoms with E-state index in [-0.39, 0.29) is 0 Å². The lowest BCUT2D eigenvalue weighted by molar-refractivity contribution is 0.571. The summed E-state index contributed by atoms with van der Waals surface area (Å²) in [4.78, 5) is 4.13. The summed E-state index contributed by atoms with van der Waals surface area (Å²) in [7, 11) is 1.96. The van der Waals surface area contributed by atoms with Crippen molar-refractivity contribution >= 4 is 0 Å². The molecule has 17 heavy (non-hydrogen) atoms. The highest BCUT2D eigenvalue weighted by atomic mass is 15.3. The number of rotatable bonds is 4. The highest BCUT2D eigenvalue weighted by molar-refractivity contribution is 5.17. The largest absolute Gasteiger partial charge is 0.306 e. The molecule has 0 amide bonds. The number of hydrogen-bond donors (Lipinski definition) is 1. The smallest absolute Gasteiger partial charge is 0.0537 e. The van der Waals surface area contributed by atoms with E-state index >= 15 is 0 Å². The Morgan fingerprint density at radius 2 is 2.24 bits per heavy atom. The van der Waals surface area contributed by atoms with Crippen LogP contribution in [0, 0.1) is 6.92 Å². The Labute approximate surface area is 102 Å². The fourth-order valence-corrected chi connectivity index (χ4v) is 1.73. The van der Waals surface area contributed by atoms with Crippen molar-refractivity contribution in [1.82, 2.24) is 20.1 Å². The van der Waals surface area contributed by atoms with Gasteiger partial charge in [-0.3, -0.25) is 9.67 Å². The van der Waals surface area contributed by atoms with Crippen LogP contribution in [0.4, 0.5) is 0 Å². The fourth-order valence-electron chi connectivity index (χ4n) is 1.73. The quantitative estimate of drug-likeness (QED) is 0.873. The van der Waals surface area contributed by atoms with Gasteiger partial charge in [-0.25, -0.2) is 0 Å². The highest BCUT2D eigenvalue weighted by Gasteiger charge is 2.07. The van der Waals surface area contributed by atoms with Crippen molar-refractivity contribution in [2.24, 2.45) is 7.05 Å². The van der Waals surface area contributed by atoms with Gasteiger partial charge in [0, 0.05) is 43.3 Å². The van der Waals surface area contributed by atoms with Crippen molar-refractivity contribution in [2.45, 2.75) is 26.4 Å². The van der Waals surface area contributed by atoms with Gasteiger partial charge in [0.05, 0.1) is 6.20 Å². The molecular formula is C13H18N4. The first-order valence-electron chi connectivity index (χ1n) is 5.79. The van der Waals surface area contributed by atoms with Crippen LogP contribution in [0.15, 0.2) is 30.7 Å². The summed E-state index contributed by atoms with van der Waals surface area (Å²) in [5.41, 5.74) is 3.65. The second-order valence-electron chi connectivity index (χ2n) is 4.27. The van der Waals surface area contributed by atoms with Gasteiger partial charge < -0.3 is 5.32 Å². The molecule has 1 unspecified atom stereocenters. The predicted octanol–water partition coefficient (Wildman–Crippen LogP) is 1.97. The Hall–Kier alpha value is -1.68. The molecule has 0 saturated heterocycles. The summed E-state index contributed by atoms with van der Waals surface area (Å²) in [6, 6.07) is 4.34. The fraction of sp³-hybridized carbons (Fsp3) is 0.385. The van der Waals surface area contributed by atoms with E-state index in [4.69, 9.17) is 0 Å². The standard InChI is InChI=1S/C13H18N4/c1-10(12-5-4-6-14-7-12)15-8-13-9-16-17(3)11(13)2/h4-7,9-10,15H,8H2,1-3H3. The van der Waals surface area contributed by atoms with Gasteiger partial charge in [0.1, 0.15) is 0 Å². The Balaban J connectivity index is 1.97. The molecule has 2 heterocycles. The Morgan fingerprint density at radius 3 is 2.82 bits per heavy atom. The first-order chi connectivity index (χ1) is 8.18. The second-order valence-corrected chi connectivity index (χ2v) is 4.27. The number of aryl methyl sites for hydroxylation is 1. The van der Waals surface area contributed by atoms with Crippen LogP contribution in [0.25, 0.3) is 0 Å². The summed E-state index contributed by atoms with van der Waals surface area (Å²) in [5, 5.41) is 7.71. The van der Waals surface area contributed by atoms with Gasteiger partial charge in [-0.1, -0.05) is 6.07 Å². The third-order valence-corrected chi connectivity index (χ3v) is 3.12. The normalized spacial score (nSPS) is 12.6. The van der Waals surface area contributed by atoms with Crippen molar-refractivity contribution in [3.63, 3.8) is 0 Å². The van der Waals surface area contributed by atoms with Gasteiger partial charge >= 0.3 is 0 Å². The average Bonchev–Trinajstić information content (AvgIpc) is 2.68. The second kappa shape index (κ2) is 5.10. The summed E-state index contributed by atoms with van der Waals surface area (Å²) >= 11 is 0. The van der Waals surface area contributed by atoms with E-state index in [1.807, 2.05) is 30.2 Å². The van der Waals surface area contributed by atoms with Crippen molar-refractivity contribution in [3.8, 4) is 0 Å². The molecule has 1 N–H and O–H groups in total. The van der Waals surface area contributed by atoms with Crippen LogP contribution in [0.5, 0.6) is 0 Å². The third kappa shape index (κ3) is 2.71. The molecule has 2 rings (SSSR count). The van der Waals surface area contributed by atoms with Gasteiger partial charge in [0.2, 0.25) is 0 Å². The predicted molar refractivity (Wildman–Crippen MR) is 67.4 cm³/mol. The van der Waals surface area contributed by atoms with Crippen molar-refractivity contribution in [3.05, 3.63) is 47.5 Å². The highest BCUT2D eigenvalue weighted by Crippen LogP contribution is 2.12. The number of aromatic nitrogens is 3. The molecule has 4 heteroatoms. The molecule has 4 nitrogen and oxygen atoms in total. The minimum absolute atomic E-state index is 0.295. The topological polar surface area (TPSA) is 42.7 Å². The molecule has 0 aliphatic heterocycles. The van der Waals surface area contributed by atoms with E-state index < -0.39 is 0 Å². The maximum Gasteiger partial charge on any atom is 0.0537 e. The van der Waals surface area contributed by atoms with E-state index in [0.717, 1.165) is 6.54 Å². The third-order valence-electron chi connectivity index (χ3n) is 3.12. The maximum absolute atomic E-state index is 4.23. The van der Waals surface area contributed by atoms with Gasteiger partial charge in [-0.15, -0.1) is 0 Å². The van der Waals surface area contributed by atoms with E-state index in [1.54, 1.807) is 6.20 Å². The van der Waals surface area contributed by atoms with E-state index in [2.05, 4.69) is 35.3 Å². The molecule has 90 valence electrons. The van der Waals surface area contributed by atoms with Crippen LogP contribution in [-0.2, 0) is 13.6 Å². The van der Waals surface area contributed by atoms with Crippen LogP contribution >= 0.6 is 0 Å². The first kappa shape index (κ1) is 11.8. The molecule has 2 aromatic heterocycles. The van der Waals surface area contributed by atoms with Crippen LogP contribution in [0.1, 0.15) is 29.8 Å². The van der Waals surface area contributed by atoms with Crippen molar-refractivity contribution in [1.29, 1.82) is 0 Å². The first-order valence-corrected chi connectivity index (χ1v) is 5.79. The van der Waals surface area contributed by atoms with E-state index in [9.17, 15) is 0 Å². The Kier molecular flexibility index (Phi) is 3.54. The molecule has 0 aliphatic rings. The van der Waals surface area contributed by atoms with Crippen molar-refractivity contribution in [2.75, 3.05) is 0 Å². The summed E-state index contributed by atoms with van der Waals surface area (Å²) in [6.45, 7) is 5.05. The lowest BCUT2D eigenvalue weighted by Crippen LogP contribution is -2.18. The van der Waals surface area contributed by atoms with E-state index in [1.165, 1.54) is 16.8 Å². The minimum atomic E-state index is 0.295. The zero-order chi connectivity index (χ0) is 12.3. The van der Waals surface area contributed by atoms with Crippen LogP contribution in [-0.4, -0.2) is 14.8 Å². The van der Waals surface area contributed by atoms with Gasteiger partial charge in [0.25, 0.3) is 0 Å². The molecule has 0 fully saturated rings. The minimum Gasteiger partial charge on any atom is -0.306 e. The molecule has 0 aliphatic carbocycles. The summed E-state index contributed by atoms with van der Waals surface area (Å²) in [6.07, 6.45) is 5.60. The van der Waals surface area contributed by atoms with Crippen molar-refractivity contribution < 1.29 is 0 Å². The zero-order valence-corrected chi connectivity index (χ0v) is 10.5. The number of pyridine rings is 1. The lowest BCUT2D eigenvalue weighted by Gasteiger charge is -2.13. The molecule has 0 spiro atoms. The molecule has 0 aromatic carbocycles. The molecule has 0 saturated carbocycles. The Morgan fingerprint density at radius 1 is 1.41 bits per heavy atom. The zero-order valence-electron chi connectivity index (χ0n) is 10.5. The molecule has 0 radical (unpaired) electrons. The van der Waals surface area contributed by atoms with Gasteiger partial charge in [0.15, 0.2) is 0 Å². The summed E-state index contributed by atoms with van der Waals surface area (Å²) in [5.74, 6) is 0. The SMILES string of the molecule is Cc1c(CNC(C)c2cccnc2)cnn1C. The number of nitrogens with zero attached hydrogens (tertiary/aromatic N) is 3. The van der Waals surface area contributed by atoms with E-state index in [0.29, 0.717) is 6.04 Å². The number of nitrogens with one attached hydrogen (secondary N) is 1. The van der Waals surface area contributed by atoms with Gasteiger partial charge in [-0.2, -0.15) is 5.10 Å². The lowest BCUT2D eigenvalue weighted by atomic mass is 10.1.